The fraction of sp³-hybridized carbons (Fsp3) is 0.450. The molecule has 0 aliphatic carbocycles. The molecule has 1 aliphatic heterocycles. The van der Waals surface area contributed by atoms with Gasteiger partial charge in [-0.3, -0.25) is 10.1 Å². The van der Waals surface area contributed by atoms with Gasteiger partial charge >= 0.3 is 12.0 Å². The maximum atomic E-state index is 13.0. The highest BCUT2D eigenvalue weighted by molar-refractivity contribution is 7.89. The molecule has 1 aromatic carbocycles. The zero-order valence-electron chi connectivity index (χ0n) is 18.4. The summed E-state index contributed by atoms with van der Waals surface area (Å²) in [6.07, 6.45) is 2.38. The fourth-order valence-electron chi connectivity index (χ4n) is 2.75. The average molecular weight is 486 g/mol. The van der Waals surface area contributed by atoms with Gasteiger partial charge in [0.05, 0.1) is 26.9 Å². The van der Waals surface area contributed by atoms with Crippen molar-refractivity contribution in [2.45, 2.75) is 4.90 Å². The summed E-state index contributed by atoms with van der Waals surface area (Å²) >= 11 is 0. The van der Waals surface area contributed by atoms with Crippen molar-refractivity contribution in [3.63, 3.8) is 0 Å². The summed E-state index contributed by atoms with van der Waals surface area (Å²) in [6, 6.07) is 3.69. The summed E-state index contributed by atoms with van der Waals surface area (Å²) in [5, 5.41) is 4.37. The minimum absolute atomic E-state index is 0.0405. The predicted molar refractivity (Wildman–Crippen MR) is 116 cm³/mol. The lowest BCUT2D eigenvalue weighted by Gasteiger charge is -2.26. The molecule has 0 aromatic heterocycles. The number of methoxy groups -OCH3 is 2. The molecule has 182 valence electrons. The summed E-state index contributed by atoms with van der Waals surface area (Å²) < 4.78 is 47.2. The molecule has 2 N–H and O–H groups in total. The Morgan fingerprint density at radius 1 is 1.18 bits per heavy atom. The Balaban J connectivity index is 1.97. The van der Waals surface area contributed by atoms with E-state index in [9.17, 15) is 22.8 Å². The van der Waals surface area contributed by atoms with Crippen LogP contribution in [0.2, 0.25) is 0 Å². The molecule has 1 fully saturated rings. The molecule has 0 unspecified atom stereocenters. The Hall–Kier alpha value is -3.00. The quantitative estimate of drug-likeness (QED) is 0.260. The van der Waals surface area contributed by atoms with Crippen LogP contribution in [-0.2, 0) is 33.8 Å². The van der Waals surface area contributed by atoms with Crippen molar-refractivity contribution >= 4 is 34.0 Å². The standard InChI is InChI=1S/C20H27N3O9S/c1-29-10-7-21-20(26)22-18(24)14-32-19(25)6-4-15-3-5-16(30-2)17(13-15)33(27,28)23-8-11-31-12-9-23/h3-6,13H,7-12,14H2,1-2H3,(H2,21,22,24,26)/b6-4+. The molecular formula is C20H27N3O9S. The first-order chi connectivity index (χ1) is 15.8. The third-order valence-electron chi connectivity index (χ3n) is 4.38. The molecule has 0 radical (unpaired) electrons. The van der Waals surface area contributed by atoms with Gasteiger partial charge in [0, 0.05) is 32.8 Å². The molecule has 2 rings (SSSR count). The Kier molecular flexibility index (Phi) is 10.3. The van der Waals surface area contributed by atoms with E-state index in [2.05, 4.69) is 5.32 Å². The number of ether oxygens (including phenoxy) is 4. The number of carbonyl (C=O) groups is 3. The molecule has 1 heterocycles. The number of nitrogens with zero attached hydrogens (tertiary/aromatic N) is 1. The van der Waals surface area contributed by atoms with Gasteiger partial charge in [-0.15, -0.1) is 0 Å². The van der Waals surface area contributed by atoms with E-state index in [1.54, 1.807) is 6.07 Å². The van der Waals surface area contributed by atoms with Gasteiger partial charge in [-0.05, 0) is 23.8 Å². The van der Waals surface area contributed by atoms with Crippen LogP contribution in [0.1, 0.15) is 5.56 Å². The Morgan fingerprint density at radius 2 is 1.91 bits per heavy atom. The number of hydrogen-bond donors (Lipinski definition) is 2. The molecule has 13 heteroatoms. The van der Waals surface area contributed by atoms with Gasteiger partial charge in [0.15, 0.2) is 6.61 Å². The van der Waals surface area contributed by atoms with Crippen LogP contribution in [0, 0.1) is 0 Å². The number of imide groups is 1. The fourth-order valence-corrected chi connectivity index (χ4v) is 4.35. The van der Waals surface area contributed by atoms with Gasteiger partial charge < -0.3 is 24.3 Å². The number of rotatable bonds is 10. The number of amides is 3. The topological polar surface area (TPSA) is 150 Å². The predicted octanol–water partition coefficient (Wildman–Crippen LogP) is -0.255. The molecule has 3 amide bonds. The summed E-state index contributed by atoms with van der Waals surface area (Å²) in [6.45, 7) is 0.880. The molecule has 0 saturated carbocycles. The van der Waals surface area contributed by atoms with E-state index in [0.29, 0.717) is 18.8 Å². The van der Waals surface area contributed by atoms with Crippen molar-refractivity contribution in [2.24, 2.45) is 0 Å². The Labute approximate surface area is 191 Å². The van der Waals surface area contributed by atoms with Crippen molar-refractivity contribution in [3.05, 3.63) is 29.8 Å². The number of esters is 1. The molecule has 0 spiro atoms. The van der Waals surface area contributed by atoms with Gasteiger partial charge in [-0.1, -0.05) is 6.07 Å². The smallest absolute Gasteiger partial charge is 0.331 e. The first-order valence-corrected chi connectivity index (χ1v) is 11.4. The first-order valence-electron chi connectivity index (χ1n) is 9.95. The Bertz CT molecular complexity index is 973. The number of sulfonamides is 1. The summed E-state index contributed by atoms with van der Waals surface area (Å²) in [5.41, 5.74) is 0.404. The lowest BCUT2D eigenvalue weighted by Crippen LogP contribution is -2.42. The third kappa shape index (κ3) is 8.13. The highest BCUT2D eigenvalue weighted by Crippen LogP contribution is 2.28. The maximum Gasteiger partial charge on any atom is 0.331 e. The van der Waals surface area contributed by atoms with Crippen molar-refractivity contribution in [1.82, 2.24) is 14.9 Å². The lowest BCUT2D eigenvalue weighted by atomic mass is 10.2. The highest BCUT2D eigenvalue weighted by Gasteiger charge is 2.29. The molecule has 1 aliphatic rings. The molecule has 0 bridgehead atoms. The summed E-state index contributed by atoms with van der Waals surface area (Å²) in [4.78, 5) is 34.9. The zero-order chi connectivity index (χ0) is 24.3. The van der Waals surface area contributed by atoms with Gasteiger partial charge in [-0.25, -0.2) is 18.0 Å². The second-order valence-corrected chi connectivity index (χ2v) is 8.57. The summed E-state index contributed by atoms with van der Waals surface area (Å²) in [5.74, 6) is -1.49. The SMILES string of the molecule is COCCNC(=O)NC(=O)COC(=O)/C=C/c1ccc(OC)c(S(=O)(=O)N2CCOCC2)c1. The number of morpholine rings is 1. The van der Waals surface area contributed by atoms with Gasteiger partial charge in [-0.2, -0.15) is 4.31 Å². The molecule has 1 saturated heterocycles. The van der Waals surface area contributed by atoms with E-state index in [0.717, 1.165) is 6.08 Å². The molecule has 12 nitrogen and oxygen atoms in total. The van der Waals surface area contributed by atoms with Crippen molar-refractivity contribution in [2.75, 3.05) is 60.3 Å². The normalized spacial score (nSPS) is 14.6. The van der Waals surface area contributed by atoms with E-state index >= 15 is 0 Å². The van der Waals surface area contributed by atoms with E-state index in [1.807, 2.05) is 5.32 Å². The average Bonchev–Trinajstić information content (AvgIpc) is 2.82. The largest absolute Gasteiger partial charge is 0.495 e. The second kappa shape index (κ2) is 12.9. The van der Waals surface area contributed by atoms with E-state index < -0.39 is 34.5 Å². The van der Waals surface area contributed by atoms with Gasteiger partial charge in [0.2, 0.25) is 10.0 Å². The molecular weight excluding hydrogens is 458 g/mol. The van der Waals surface area contributed by atoms with Crippen LogP contribution in [-0.4, -0.2) is 90.9 Å². The van der Waals surface area contributed by atoms with Gasteiger partial charge in [0.25, 0.3) is 5.91 Å². The number of nitrogens with one attached hydrogen (secondary N) is 2. The summed E-state index contributed by atoms with van der Waals surface area (Å²) in [7, 11) is -0.998. The second-order valence-electron chi connectivity index (χ2n) is 6.66. The van der Waals surface area contributed by atoms with E-state index in [-0.39, 0.29) is 36.9 Å². The van der Waals surface area contributed by atoms with Crippen LogP contribution < -0.4 is 15.4 Å². The first kappa shape index (κ1) is 26.3. The lowest BCUT2D eigenvalue weighted by molar-refractivity contribution is -0.143. The van der Waals surface area contributed by atoms with Crippen molar-refractivity contribution < 1.29 is 41.7 Å². The minimum Gasteiger partial charge on any atom is -0.495 e. The highest BCUT2D eigenvalue weighted by atomic mass is 32.2. The van der Waals surface area contributed by atoms with Crippen LogP contribution in [0.3, 0.4) is 0 Å². The van der Waals surface area contributed by atoms with Crippen molar-refractivity contribution in [3.8, 4) is 5.75 Å². The molecule has 1 aromatic rings. The maximum absolute atomic E-state index is 13.0. The van der Waals surface area contributed by atoms with Gasteiger partial charge in [0.1, 0.15) is 10.6 Å². The van der Waals surface area contributed by atoms with Crippen molar-refractivity contribution in [1.29, 1.82) is 0 Å². The zero-order valence-corrected chi connectivity index (χ0v) is 19.2. The molecule has 33 heavy (non-hydrogen) atoms. The van der Waals surface area contributed by atoms with Crippen LogP contribution in [0.5, 0.6) is 5.75 Å². The van der Waals surface area contributed by atoms with Crippen LogP contribution in [0.25, 0.3) is 6.08 Å². The van der Waals surface area contributed by atoms with Crippen LogP contribution in [0.15, 0.2) is 29.2 Å². The number of urea groups is 1. The number of benzene rings is 1. The number of carbonyl (C=O) groups excluding carboxylic acids is 3. The molecule has 0 atom stereocenters. The monoisotopic (exact) mass is 485 g/mol. The van der Waals surface area contributed by atoms with Crippen LogP contribution >= 0.6 is 0 Å². The van der Waals surface area contributed by atoms with E-state index in [1.165, 1.54) is 36.7 Å². The van der Waals surface area contributed by atoms with Crippen LogP contribution in [0.4, 0.5) is 4.79 Å². The van der Waals surface area contributed by atoms with E-state index in [4.69, 9.17) is 18.9 Å². The third-order valence-corrected chi connectivity index (χ3v) is 6.30. The number of hydrogen-bond acceptors (Lipinski definition) is 9. The Morgan fingerprint density at radius 3 is 2.58 bits per heavy atom. The minimum atomic E-state index is -3.83.